The van der Waals surface area contributed by atoms with Gasteiger partial charge >= 0.3 is 5.97 Å². The Morgan fingerprint density at radius 1 is 1.32 bits per heavy atom. The van der Waals surface area contributed by atoms with Crippen LogP contribution >= 0.6 is 23.6 Å². The van der Waals surface area contributed by atoms with Crippen LogP contribution in [-0.2, 0) is 6.42 Å². The highest BCUT2D eigenvalue weighted by molar-refractivity contribution is 7.80. The standard InChI is InChI=1S/C24H24N4O4S2/c1-25-24(33)28-27-16-4-3-5-17-13(16)9-18(34-17)19-12(11-6-7-11)8-14-20(22(19)32-2)26-10-15(21(14)29)23(30)31/h8-11H,3-7H2,1-2H3,(H,26,29)(H,30,31)(H2,25,28,33)/b27-16+. The molecular formula is C24H24N4O4S2. The van der Waals surface area contributed by atoms with Gasteiger partial charge in [-0.1, -0.05) is 0 Å². The molecule has 0 unspecified atom stereocenters. The average molecular weight is 497 g/mol. The lowest BCUT2D eigenvalue weighted by Gasteiger charge is -2.16. The topological polar surface area (TPSA) is 116 Å². The van der Waals surface area contributed by atoms with E-state index >= 15 is 0 Å². The number of pyridine rings is 1. The van der Waals surface area contributed by atoms with E-state index < -0.39 is 11.4 Å². The maximum Gasteiger partial charge on any atom is 0.341 e. The van der Waals surface area contributed by atoms with Gasteiger partial charge in [0.15, 0.2) is 10.9 Å². The van der Waals surface area contributed by atoms with Crippen molar-refractivity contribution in [1.82, 2.24) is 15.7 Å². The van der Waals surface area contributed by atoms with E-state index in [0.29, 0.717) is 27.7 Å². The molecule has 2 aliphatic rings. The highest BCUT2D eigenvalue weighted by atomic mass is 32.1. The molecular weight excluding hydrogens is 472 g/mol. The van der Waals surface area contributed by atoms with Crippen molar-refractivity contribution in [1.29, 1.82) is 0 Å². The number of nitrogens with one attached hydrogen (secondary N) is 3. The van der Waals surface area contributed by atoms with Crippen LogP contribution in [0.5, 0.6) is 5.75 Å². The van der Waals surface area contributed by atoms with Crippen molar-refractivity contribution in [2.75, 3.05) is 14.2 Å². The number of fused-ring (bicyclic) bond motifs is 2. The first-order chi connectivity index (χ1) is 16.4. The number of aryl methyl sites for hydroxylation is 1. The molecule has 0 radical (unpaired) electrons. The molecule has 1 aromatic carbocycles. The third-order valence-electron chi connectivity index (χ3n) is 6.32. The second-order valence-electron chi connectivity index (χ2n) is 8.46. The molecule has 0 atom stereocenters. The number of thiocarbonyl (C=S) groups is 1. The molecule has 34 heavy (non-hydrogen) atoms. The number of H-pyrrole nitrogens is 1. The van der Waals surface area contributed by atoms with E-state index in [1.54, 1.807) is 25.5 Å². The first kappa shape index (κ1) is 22.5. The summed E-state index contributed by atoms with van der Waals surface area (Å²) in [5.41, 5.74) is 6.71. The molecule has 0 bridgehead atoms. The Hall–Kier alpha value is -3.24. The summed E-state index contributed by atoms with van der Waals surface area (Å²) < 4.78 is 5.86. The lowest BCUT2D eigenvalue weighted by atomic mass is 9.94. The number of aromatic carboxylic acids is 1. The molecule has 0 spiro atoms. The second-order valence-corrected chi connectivity index (χ2v) is 10.0. The fraction of sp³-hybridized carbons (Fsp3) is 0.333. The van der Waals surface area contributed by atoms with Crippen molar-refractivity contribution in [2.24, 2.45) is 5.10 Å². The summed E-state index contributed by atoms with van der Waals surface area (Å²) >= 11 is 6.88. The fourth-order valence-corrected chi connectivity index (χ4v) is 5.85. The molecule has 2 aliphatic carbocycles. The van der Waals surface area contributed by atoms with Crippen molar-refractivity contribution in [3.8, 4) is 16.2 Å². The zero-order valence-corrected chi connectivity index (χ0v) is 20.4. The Kier molecular flexibility index (Phi) is 5.86. The van der Waals surface area contributed by atoms with Crippen molar-refractivity contribution in [3.05, 3.63) is 50.1 Å². The van der Waals surface area contributed by atoms with Gasteiger partial charge in [0.1, 0.15) is 5.56 Å². The lowest BCUT2D eigenvalue weighted by Crippen LogP contribution is -2.29. The van der Waals surface area contributed by atoms with Gasteiger partial charge in [0.05, 0.1) is 23.7 Å². The van der Waals surface area contributed by atoms with Crippen molar-refractivity contribution < 1.29 is 14.6 Å². The molecule has 176 valence electrons. The summed E-state index contributed by atoms with van der Waals surface area (Å²) in [7, 11) is 3.33. The molecule has 4 N–H and O–H groups in total. The predicted octanol–water partition coefficient (Wildman–Crippen LogP) is 3.98. The number of thiophene rings is 1. The minimum atomic E-state index is -1.25. The van der Waals surface area contributed by atoms with Gasteiger partial charge in [0.2, 0.25) is 5.43 Å². The third kappa shape index (κ3) is 3.86. The molecule has 0 amide bonds. The van der Waals surface area contributed by atoms with Gasteiger partial charge in [0, 0.05) is 34.1 Å². The fourth-order valence-electron chi connectivity index (χ4n) is 4.51. The molecule has 1 saturated carbocycles. The van der Waals surface area contributed by atoms with Gasteiger partial charge in [-0.15, -0.1) is 11.3 Å². The normalized spacial score (nSPS) is 16.4. The minimum Gasteiger partial charge on any atom is -0.494 e. The van der Waals surface area contributed by atoms with E-state index in [1.807, 2.05) is 6.07 Å². The van der Waals surface area contributed by atoms with Crippen LogP contribution in [0.2, 0.25) is 0 Å². The van der Waals surface area contributed by atoms with Gasteiger partial charge in [-0.25, -0.2) is 4.79 Å². The van der Waals surface area contributed by atoms with Crippen molar-refractivity contribution in [3.63, 3.8) is 0 Å². The average Bonchev–Trinajstić information content (AvgIpc) is 3.59. The number of hydrogen-bond donors (Lipinski definition) is 4. The third-order valence-corrected chi connectivity index (χ3v) is 7.82. The van der Waals surface area contributed by atoms with Crippen LogP contribution in [0.3, 0.4) is 0 Å². The number of nitrogens with zero attached hydrogens (tertiary/aromatic N) is 1. The Bertz CT molecular complexity index is 1420. The Balaban J connectivity index is 1.70. The van der Waals surface area contributed by atoms with E-state index in [1.165, 1.54) is 11.1 Å². The monoisotopic (exact) mass is 496 g/mol. The number of aromatic amines is 1. The van der Waals surface area contributed by atoms with Crippen molar-refractivity contribution in [2.45, 2.75) is 38.0 Å². The molecule has 0 aliphatic heterocycles. The molecule has 3 aromatic rings. The van der Waals surface area contributed by atoms with Gasteiger partial charge in [-0.05, 0) is 67.9 Å². The number of carbonyl (C=O) groups is 1. The van der Waals surface area contributed by atoms with Crippen LogP contribution in [0.15, 0.2) is 28.2 Å². The second kappa shape index (κ2) is 8.84. The summed E-state index contributed by atoms with van der Waals surface area (Å²) in [5, 5.41) is 17.6. The Labute approximate surface area is 205 Å². The highest BCUT2D eigenvalue weighted by Crippen LogP contribution is 2.51. The maximum absolute atomic E-state index is 12.9. The van der Waals surface area contributed by atoms with Crippen LogP contribution in [0.1, 0.15) is 58.0 Å². The highest BCUT2D eigenvalue weighted by Gasteiger charge is 2.32. The molecule has 8 nitrogen and oxygen atoms in total. The lowest BCUT2D eigenvalue weighted by molar-refractivity contribution is 0.0695. The number of carboxylic acid groups (broad SMARTS) is 1. The van der Waals surface area contributed by atoms with E-state index in [4.69, 9.17) is 17.0 Å². The number of rotatable bonds is 5. The summed E-state index contributed by atoms with van der Waals surface area (Å²) in [6.45, 7) is 0. The van der Waals surface area contributed by atoms with Crippen LogP contribution in [0.25, 0.3) is 21.3 Å². The van der Waals surface area contributed by atoms with E-state index in [0.717, 1.165) is 59.4 Å². The molecule has 5 rings (SSSR count). The zero-order valence-electron chi connectivity index (χ0n) is 18.8. The Morgan fingerprint density at radius 3 is 2.79 bits per heavy atom. The predicted molar refractivity (Wildman–Crippen MR) is 138 cm³/mol. The molecule has 2 heterocycles. The number of hydrazone groups is 1. The minimum absolute atomic E-state index is 0.275. The van der Waals surface area contributed by atoms with Crippen LogP contribution < -0.4 is 20.9 Å². The van der Waals surface area contributed by atoms with Crippen LogP contribution in [-0.4, -0.2) is 41.0 Å². The zero-order chi connectivity index (χ0) is 24.0. The van der Waals surface area contributed by atoms with E-state index in [9.17, 15) is 14.7 Å². The first-order valence-corrected chi connectivity index (χ1v) is 12.3. The van der Waals surface area contributed by atoms with Crippen LogP contribution in [0.4, 0.5) is 0 Å². The molecule has 0 saturated heterocycles. The number of methoxy groups -OCH3 is 1. The number of aromatic nitrogens is 1. The first-order valence-electron chi connectivity index (χ1n) is 11.1. The molecule has 1 fully saturated rings. The summed E-state index contributed by atoms with van der Waals surface area (Å²) in [5.74, 6) is -0.355. The van der Waals surface area contributed by atoms with E-state index in [2.05, 4.69) is 26.9 Å². The van der Waals surface area contributed by atoms with Gasteiger partial charge < -0.3 is 20.1 Å². The largest absolute Gasteiger partial charge is 0.494 e. The summed E-state index contributed by atoms with van der Waals surface area (Å²) in [6.07, 6.45) is 6.15. The number of ether oxygens (including phenoxy) is 1. The SMILES string of the molecule is CNC(=S)N/N=C1\CCCc2sc(-c3c(C4CC4)cc4c(=O)c(C(=O)O)c[nH]c4c3OC)cc21. The summed E-state index contributed by atoms with van der Waals surface area (Å²) in [6, 6.07) is 4.01. The van der Waals surface area contributed by atoms with Gasteiger partial charge in [-0.3, -0.25) is 10.2 Å². The van der Waals surface area contributed by atoms with Crippen molar-refractivity contribution >= 4 is 51.3 Å². The van der Waals surface area contributed by atoms with E-state index in [-0.39, 0.29) is 5.56 Å². The number of hydrogen-bond acceptors (Lipinski definition) is 6. The molecule has 10 heteroatoms. The van der Waals surface area contributed by atoms with Gasteiger partial charge in [-0.2, -0.15) is 5.10 Å². The smallest absolute Gasteiger partial charge is 0.341 e. The quantitative estimate of drug-likeness (QED) is 0.312. The summed E-state index contributed by atoms with van der Waals surface area (Å²) in [4.78, 5) is 29.8. The van der Waals surface area contributed by atoms with Gasteiger partial charge in [0.25, 0.3) is 0 Å². The maximum atomic E-state index is 12.9. The van der Waals surface area contributed by atoms with Crippen LogP contribution in [0, 0.1) is 0 Å². The molecule has 2 aromatic heterocycles. The number of benzene rings is 1. The number of carboxylic acids is 1. The Morgan fingerprint density at radius 2 is 2.12 bits per heavy atom.